The van der Waals surface area contributed by atoms with Crippen LogP contribution in [-0.2, 0) is 4.79 Å². The zero-order valence-corrected chi connectivity index (χ0v) is 15.9. The smallest absolute Gasteiger partial charge is 0.243 e. The van der Waals surface area contributed by atoms with E-state index in [0.29, 0.717) is 35.4 Å². The Morgan fingerprint density at radius 1 is 1.33 bits per heavy atom. The average Bonchev–Trinajstić information content (AvgIpc) is 2.65. The molecular formula is C21H25N5O. The summed E-state index contributed by atoms with van der Waals surface area (Å²) < 4.78 is 0. The van der Waals surface area contributed by atoms with Crippen molar-refractivity contribution >= 4 is 22.8 Å². The van der Waals surface area contributed by atoms with Crippen molar-refractivity contribution in [2.45, 2.75) is 26.2 Å². The van der Waals surface area contributed by atoms with Crippen molar-refractivity contribution in [2.75, 3.05) is 24.5 Å². The van der Waals surface area contributed by atoms with Gasteiger partial charge in [-0.3, -0.25) is 4.79 Å². The molecule has 2 heterocycles. The fraction of sp³-hybridized carbons (Fsp3) is 0.429. The van der Waals surface area contributed by atoms with Crippen LogP contribution in [0.5, 0.6) is 0 Å². The van der Waals surface area contributed by atoms with Gasteiger partial charge in [0.05, 0.1) is 17.1 Å². The van der Waals surface area contributed by atoms with Gasteiger partial charge in [-0.2, -0.15) is 5.26 Å². The largest absolute Gasteiger partial charge is 0.355 e. The molecule has 3 unspecified atom stereocenters. The van der Waals surface area contributed by atoms with Crippen molar-refractivity contribution in [1.29, 1.82) is 5.26 Å². The van der Waals surface area contributed by atoms with Gasteiger partial charge in [-0.25, -0.2) is 9.97 Å². The quantitative estimate of drug-likeness (QED) is 0.826. The van der Waals surface area contributed by atoms with E-state index in [4.69, 9.17) is 4.98 Å². The maximum atomic E-state index is 12.6. The summed E-state index contributed by atoms with van der Waals surface area (Å²) in [5.41, 5.74) is 1.88. The molecule has 0 bridgehead atoms. The second kappa shape index (κ2) is 8.17. The number of nitrogens with zero attached hydrogens (tertiary/aromatic N) is 4. The maximum absolute atomic E-state index is 12.6. The molecule has 0 radical (unpaired) electrons. The molecular weight excluding hydrogens is 338 g/mol. The zero-order chi connectivity index (χ0) is 19.4. The Morgan fingerprint density at radius 2 is 1.96 bits per heavy atom. The lowest BCUT2D eigenvalue weighted by atomic mass is 9.91. The molecule has 6 heteroatoms. The van der Waals surface area contributed by atoms with Crippen LogP contribution in [0.4, 0.5) is 5.82 Å². The van der Waals surface area contributed by atoms with Crippen LogP contribution in [0.1, 0.15) is 31.9 Å². The third-order valence-corrected chi connectivity index (χ3v) is 4.83. The molecule has 2 aromatic rings. The summed E-state index contributed by atoms with van der Waals surface area (Å²) in [6, 6.07) is 9.68. The lowest BCUT2D eigenvalue weighted by Crippen LogP contribution is -2.40. The van der Waals surface area contributed by atoms with Crippen LogP contribution >= 0.6 is 0 Å². The minimum absolute atomic E-state index is 0.311. The first-order valence-corrected chi connectivity index (χ1v) is 9.33. The van der Waals surface area contributed by atoms with Crippen molar-refractivity contribution in [3.63, 3.8) is 0 Å². The monoisotopic (exact) mass is 363 g/mol. The first-order chi connectivity index (χ1) is 13.0. The van der Waals surface area contributed by atoms with Gasteiger partial charge in [-0.15, -0.1) is 6.58 Å². The Balaban J connectivity index is 2.09. The second-order valence-corrected chi connectivity index (χ2v) is 7.37. The maximum Gasteiger partial charge on any atom is 0.243 e. The molecule has 1 aliphatic heterocycles. The number of amides is 1. The van der Waals surface area contributed by atoms with E-state index in [0.717, 1.165) is 25.0 Å². The van der Waals surface area contributed by atoms with E-state index in [-0.39, 0.29) is 5.91 Å². The van der Waals surface area contributed by atoms with E-state index in [9.17, 15) is 10.1 Å². The number of hydrogen-bond donors (Lipinski definition) is 1. The minimum atomic E-state index is -1.01. The number of carbonyl (C=O) groups is 1. The van der Waals surface area contributed by atoms with Gasteiger partial charge >= 0.3 is 0 Å². The topological polar surface area (TPSA) is 81.9 Å². The van der Waals surface area contributed by atoms with Crippen LogP contribution in [0.2, 0.25) is 0 Å². The predicted molar refractivity (Wildman–Crippen MR) is 106 cm³/mol. The van der Waals surface area contributed by atoms with Crippen LogP contribution in [-0.4, -0.2) is 35.5 Å². The summed E-state index contributed by atoms with van der Waals surface area (Å²) in [7, 11) is 0. The minimum Gasteiger partial charge on any atom is -0.355 e. The molecule has 3 atom stereocenters. The summed E-state index contributed by atoms with van der Waals surface area (Å²) >= 11 is 0. The lowest BCUT2D eigenvalue weighted by Gasteiger charge is -2.36. The number of aromatic nitrogens is 2. The highest BCUT2D eigenvalue weighted by atomic mass is 16.1. The summed E-state index contributed by atoms with van der Waals surface area (Å²) in [6.07, 6.45) is 2.75. The van der Waals surface area contributed by atoms with Crippen molar-refractivity contribution < 1.29 is 4.79 Å². The summed E-state index contributed by atoms with van der Waals surface area (Å²) in [5.74, 6) is 0.299. The number of para-hydroxylation sites is 2. The fourth-order valence-electron chi connectivity index (χ4n) is 3.79. The SMILES string of the molecule is C=CCNC(=O)C(C#N)c1nc2ccccc2nc1N1CC(C)CC(C)C1. The molecule has 1 fully saturated rings. The van der Waals surface area contributed by atoms with Crippen LogP contribution in [0, 0.1) is 23.2 Å². The molecule has 27 heavy (non-hydrogen) atoms. The number of nitriles is 1. The molecule has 140 valence electrons. The fourth-order valence-corrected chi connectivity index (χ4v) is 3.79. The molecule has 0 aliphatic carbocycles. The number of anilines is 1. The van der Waals surface area contributed by atoms with Gasteiger partial charge < -0.3 is 10.2 Å². The highest BCUT2D eigenvalue weighted by Gasteiger charge is 2.31. The molecule has 1 aromatic heterocycles. The van der Waals surface area contributed by atoms with Gasteiger partial charge in [0.2, 0.25) is 5.91 Å². The van der Waals surface area contributed by atoms with E-state index in [1.807, 2.05) is 24.3 Å². The first kappa shape index (κ1) is 18.8. The Kier molecular flexibility index (Phi) is 5.70. The molecule has 1 amide bonds. The van der Waals surface area contributed by atoms with Crippen LogP contribution in [0.15, 0.2) is 36.9 Å². The van der Waals surface area contributed by atoms with Crippen LogP contribution in [0.25, 0.3) is 11.0 Å². The Labute approximate surface area is 159 Å². The van der Waals surface area contributed by atoms with E-state index in [2.05, 4.69) is 41.7 Å². The molecule has 1 aromatic carbocycles. The third-order valence-electron chi connectivity index (χ3n) is 4.83. The summed E-state index contributed by atoms with van der Waals surface area (Å²) in [5, 5.41) is 12.4. The number of carbonyl (C=O) groups excluding carboxylic acids is 1. The van der Waals surface area contributed by atoms with Crippen molar-refractivity contribution in [2.24, 2.45) is 11.8 Å². The average molecular weight is 363 g/mol. The van der Waals surface area contributed by atoms with Crippen molar-refractivity contribution in [3.05, 3.63) is 42.6 Å². The summed E-state index contributed by atoms with van der Waals surface area (Å²) in [4.78, 5) is 24.2. The van der Waals surface area contributed by atoms with Gasteiger partial charge in [0.25, 0.3) is 0 Å². The van der Waals surface area contributed by atoms with Crippen LogP contribution < -0.4 is 10.2 Å². The van der Waals surface area contributed by atoms with Gasteiger partial charge in [0.15, 0.2) is 11.7 Å². The van der Waals surface area contributed by atoms with E-state index < -0.39 is 5.92 Å². The summed E-state index contributed by atoms with van der Waals surface area (Å²) in [6.45, 7) is 10.0. The predicted octanol–water partition coefficient (Wildman–Crippen LogP) is 3.02. The van der Waals surface area contributed by atoms with E-state index in [1.54, 1.807) is 6.08 Å². The van der Waals surface area contributed by atoms with Crippen molar-refractivity contribution in [1.82, 2.24) is 15.3 Å². The Morgan fingerprint density at radius 3 is 2.56 bits per heavy atom. The Hall–Kier alpha value is -2.94. The number of hydrogen-bond acceptors (Lipinski definition) is 5. The number of nitrogens with one attached hydrogen (secondary N) is 1. The molecule has 0 saturated carbocycles. The molecule has 1 N–H and O–H groups in total. The Bertz CT molecular complexity index is 878. The number of fused-ring (bicyclic) bond motifs is 1. The van der Waals surface area contributed by atoms with Gasteiger partial charge in [-0.1, -0.05) is 32.1 Å². The number of rotatable bonds is 5. The van der Waals surface area contributed by atoms with Crippen molar-refractivity contribution in [3.8, 4) is 6.07 Å². The molecule has 1 saturated heterocycles. The molecule has 6 nitrogen and oxygen atoms in total. The lowest BCUT2D eigenvalue weighted by molar-refractivity contribution is -0.121. The zero-order valence-electron chi connectivity index (χ0n) is 15.9. The van der Waals surface area contributed by atoms with Gasteiger partial charge in [0, 0.05) is 19.6 Å². The molecule has 1 aliphatic rings. The van der Waals surface area contributed by atoms with Gasteiger partial charge in [-0.05, 0) is 30.4 Å². The third kappa shape index (κ3) is 4.08. The van der Waals surface area contributed by atoms with E-state index >= 15 is 0 Å². The molecule has 0 spiro atoms. The standard InChI is InChI=1S/C21H25N5O/c1-4-9-23-21(27)16(11-22)19-20(26-12-14(2)10-15(3)13-26)25-18-8-6-5-7-17(18)24-19/h4-8,14-16H,1,9-10,12-13H2,2-3H3,(H,23,27). The molecule has 3 rings (SSSR count). The normalized spacial score (nSPS) is 20.7. The first-order valence-electron chi connectivity index (χ1n) is 9.33. The number of benzene rings is 1. The van der Waals surface area contributed by atoms with Gasteiger partial charge in [0.1, 0.15) is 5.69 Å². The highest BCUT2D eigenvalue weighted by Crippen LogP contribution is 2.31. The second-order valence-electron chi connectivity index (χ2n) is 7.37. The highest BCUT2D eigenvalue weighted by molar-refractivity contribution is 5.89. The van der Waals surface area contributed by atoms with E-state index in [1.165, 1.54) is 0 Å². The number of piperidine rings is 1. The van der Waals surface area contributed by atoms with Crippen LogP contribution in [0.3, 0.4) is 0 Å².